The number of aromatic amines is 1. The molecule has 36 heavy (non-hydrogen) atoms. The van der Waals surface area contributed by atoms with Crippen LogP contribution in [-0.2, 0) is 0 Å². The first-order valence-corrected chi connectivity index (χ1v) is 12.5. The molecule has 1 aliphatic rings. The van der Waals surface area contributed by atoms with Gasteiger partial charge in [0.25, 0.3) is 5.91 Å². The quantitative estimate of drug-likeness (QED) is 0.460. The maximum absolute atomic E-state index is 13.5. The fraction of sp³-hybridized carbons (Fsp3) is 0.407. The van der Waals surface area contributed by atoms with Crippen molar-refractivity contribution >= 4 is 11.7 Å². The summed E-state index contributed by atoms with van der Waals surface area (Å²) >= 11 is 0. The average molecular weight is 497 g/mol. The molecule has 1 aromatic heterocycles. The Morgan fingerprint density at radius 2 is 1.58 bits per heavy atom. The number of amides is 1. The van der Waals surface area contributed by atoms with Gasteiger partial charge in [0, 0.05) is 37.8 Å². The van der Waals surface area contributed by atoms with E-state index >= 15 is 0 Å². The molecule has 0 aliphatic carbocycles. The monoisotopic (exact) mass is 496 g/mol. The largest absolute Gasteiger partial charge is 0.490 e. The molecule has 1 saturated heterocycles. The lowest BCUT2D eigenvalue weighted by Gasteiger charge is -2.23. The Morgan fingerprint density at radius 3 is 2.22 bits per heavy atom. The first kappa shape index (κ1) is 25.3. The van der Waals surface area contributed by atoms with Crippen molar-refractivity contribution in [2.45, 2.75) is 27.2 Å². The summed E-state index contributed by atoms with van der Waals surface area (Å²) in [5, 5.41) is 7.49. The number of nitrogens with one attached hydrogen (secondary N) is 1. The van der Waals surface area contributed by atoms with Gasteiger partial charge < -0.3 is 24.0 Å². The highest BCUT2D eigenvalue weighted by atomic mass is 19.1. The number of anilines is 1. The van der Waals surface area contributed by atoms with Crippen molar-refractivity contribution in [3.63, 3.8) is 0 Å². The van der Waals surface area contributed by atoms with E-state index in [4.69, 9.17) is 14.2 Å². The van der Waals surface area contributed by atoms with E-state index in [-0.39, 0.29) is 11.7 Å². The minimum Gasteiger partial charge on any atom is -0.490 e. The Hall–Kier alpha value is -3.75. The second kappa shape index (κ2) is 11.8. The standard InChI is InChI=1S/C27H33FN4O4/c1-4-34-23-16-20(17-24(35-5-2)26(23)36-6-3)27(33)32-13-7-12-31(14-15-32)25-18-22(29-30-25)19-8-10-21(28)11-9-19/h8-11,16-18H,4-7,12-15H2,1-3H3,(H,29,30). The van der Waals surface area contributed by atoms with Crippen molar-refractivity contribution < 1.29 is 23.4 Å². The third-order valence-corrected chi connectivity index (χ3v) is 5.98. The number of benzene rings is 2. The third-order valence-electron chi connectivity index (χ3n) is 5.98. The van der Waals surface area contributed by atoms with Crippen LogP contribution in [0.15, 0.2) is 42.5 Å². The zero-order valence-electron chi connectivity index (χ0n) is 21.1. The molecule has 0 spiro atoms. The summed E-state index contributed by atoms with van der Waals surface area (Å²) in [6.45, 7) is 9.65. The fourth-order valence-electron chi connectivity index (χ4n) is 4.29. The van der Waals surface area contributed by atoms with Crippen molar-refractivity contribution in [2.75, 3.05) is 50.9 Å². The van der Waals surface area contributed by atoms with Gasteiger partial charge in [0.2, 0.25) is 5.75 Å². The number of hydrogen-bond acceptors (Lipinski definition) is 6. The Labute approximate surface area is 211 Å². The van der Waals surface area contributed by atoms with Gasteiger partial charge in [-0.3, -0.25) is 9.89 Å². The van der Waals surface area contributed by atoms with Crippen molar-refractivity contribution in [3.8, 4) is 28.5 Å². The van der Waals surface area contributed by atoms with Gasteiger partial charge in [-0.1, -0.05) is 0 Å². The molecule has 1 N–H and O–H groups in total. The van der Waals surface area contributed by atoms with Crippen LogP contribution in [0.2, 0.25) is 0 Å². The number of halogens is 1. The molecule has 0 unspecified atom stereocenters. The molecule has 1 aliphatic heterocycles. The molecule has 0 bridgehead atoms. The van der Waals surface area contributed by atoms with E-state index in [9.17, 15) is 9.18 Å². The highest BCUT2D eigenvalue weighted by Crippen LogP contribution is 2.39. The molecular weight excluding hydrogens is 463 g/mol. The van der Waals surface area contributed by atoms with Crippen molar-refractivity contribution in [2.24, 2.45) is 0 Å². The van der Waals surface area contributed by atoms with Crippen LogP contribution in [-0.4, -0.2) is 67.0 Å². The van der Waals surface area contributed by atoms with Gasteiger partial charge in [0.15, 0.2) is 17.3 Å². The number of carbonyl (C=O) groups is 1. The summed E-state index contributed by atoms with van der Waals surface area (Å²) in [6, 6.07) is 11.7. The molecule has 192 valence electrons. The van der Waals surface area contributed by atoms with Gasteiger partial charge in [-0.2, -0.15) is 5.10 Å². The zero-order valence-corrected chi connectivity index (χ0v) is 21.1. The predicted octanol–water partition coefficient (Wildman–Crippen LogP) is 4.76. The third kappa shape index (κ3) is 5.72. The molecular formula is C27H33FN4O4. The van der Waals surface area contributed by atoms with E-state index in [0.717, 1.165) is 30.0 Å². The van der Waals surface area contributed by atoms with Gasteiger partial charge in [0.05, 0.1) is 25.5 Å². The molecule has 8 nitrogen and oxygen atoms in total. The van der Waals surface area contributed by atoms with Crippen LogP contribution >= 0.6 is 0 Å². The summed E-state index contributed by atoms with van der Waals surface area (Å²) in [5.74, 6) is 2.00. The summed E-state index contributed by atoms with van der Waals surface area (Å²) in [5.41, 5.74) is 2.20. The predicted molar refractivity (Wildman–Crippen MR) is 137 cm³/mol. The molecule has 9 heteroatoms. The topological polar surface area (TPSA) is 79.9 Å². The minimum atomic E-state index is -0.273. The lowest BCUT2D eigenvalue weighted by molar-refractivity contribution is 0.0766. The lowest BCUT2D eigenvalue weighted by atomic mass is 10.1. The Kier molecular flexibility index (Phi) is 8.30. The van der Waals surface area contributed by atoms with Gasteiger partial charge in [-0.15, -0.1) is 0 Å². The summed E-state index contributed by atoms with van der Waals surface area (Å²) in [4.78, 5) is 17.5. The van der Waals surface area contributed by atoms with Gasteiger partial charge in [-0.25, -0.2) is 4.39 Å². The van der Waals surface area contributed by atoms with E-state index < -0.39 is 0 Å². The second-order valence-corrected chi connectivity index (χ2v) is 8.38. The molecule has 1 fully saturated rings. The molecule has 0 radical (unpaired) electrons. The summed E-state index contributed by atoms with van der Waals surface area (Å²) in [6.07, 6.45) is 0.804. The van der Waals surface area contributed by atoms with E-state index in [1.807, 2.05) is 31.7 Å². The highest BCUT2D eigenvalue weighted by Gasteiger charge is 2.25. The van der Waals surface area contributed by atoms with Crippen molar-refractivity contribution in [3.05, 3.63) is 53.8 Å². The molecule has 2 aromatic carbocycles. The van der Waals surface area contributed by atoms with Crippen LogP contribution in [0, 0.1) is 5.82 Å². The Balaban J connectivity index is 1.49. The number of carbonyl (C=O) groups excluding carboxylic acids is 1. The van der Waals surface area contributed by atoms with E-state index in [1.54, 1.807) is 24.3 Å². The van der Waals surface area contributed by atoms with Crippen molar-refractivity contribution in [1.82, 2.24) is 15.1 Å². The summed E-state index contributed by atoms with van der Waals surface area (Å²) < 4.78 is 30.6. The maximum atomic E-state index is 13.5. The molecule has 0 saturated carbocycles. The zero-order chi connectivity index (χ0) is 25.5. The maximum Gasteiger partial charge on any atom is 0.254 e. The van der Waals surface area contributed by atoms with E-state index in [0.29, 0.717) is 62.3 Å². The SMILES string of the molecule is CCOc1cc(C(=O)N2CCCN(c3cc(-c4ccc(F)cc4)[nH]n3)CC2)cc(OCC)c1OCC. The first-order chi connectivity index (χ1) is 17.5. The molecule has 4 rings (SSSR count). The normalized spacial score (nSPS) is 13.9. The first-order valence-electron chi connectivity index (χ1n) is 12.5. The second-order valence-electron chi connectivity index (χ2n) is 8.38. The Bertz CT molecular complexity index is 1140. The van der Waals surface area contributed by atoms with Gasteiger partial charge >= 0.3 is 0 Å². The van der Waals surface area contributed by atoms with Crippen LogP contribution in [0.5, 0.6) is 17.2 Å². The number of H-pyrrole nitrogens is 1. The van der Waals surface area contributed by atoms with Crippen LogP contribution in [0.3, 0.4) is 0 Å². The average Bonchev–Trinajstić information content (AvgIpc) is 3.24. The number of hydrogen-bond donors (Lipinski definition) is 1. The van der Waals surface area contributed by atoms with E-state index in [1.165, 1.54) is 12.1 Å². The number of rotatable bonds is 9. The Morgan fingerprint density at radius 1 is 0.917 bits per heavy atom. The minimum absolute atomic E-state index is 0.0733. The summed E-state index contributed by atoms with van der Waals surface area (Å²) in [7, 11) is 0. The fourth-order valence-corrected chi connectivity index (χ4v) is 4.29. The number of nitrogens with zero attached hydrogens (tertiary/aromatic N) is 3. The molecule has 1 amide bonds. The number of ether oxygens (including phenoxy) is 3. The lowest BCUT2D eigenvalue weighted by Crippen LogP contribution is -2.35. The van der Waals surface area contributed by atoms with Gasteiger partial charge in [0.1, 0.15) is 5.82 Å². The van der Waals surface area contributed by atoms with Crippen LogP contribution in [0.1, 0.15) is 37.6 Å². The smallest absolute Gasteiger partial charge is 0.254 e. The van der Waals surface area contributed by atoms with Crippen molar-refractivity contribution in [1.29, 1.82) is 0 Å². The highest BCUT2D eigenvalue weighted by molar-refractivity contribution is 5.95. The van der Waals surface area contributed by atoms with Gasteiger partial charge in [-0.05, 0) is 69.2 Å². The molecule has 2 heterocycles. The van der Waals surface area contributed by atoms with Crippen LogP contribution in [0.25, 0.3) is 11.3 Å². The molecule has 3 aromatic rings. The van der Waals surface area contributed by atoms with E-state index in [2.05, 4.69) is 15.1 Å². The molecule has 0 atom stereocenters. The van der Waals surface area contributed by atoms with Crippen LogP contribution < -0.4 is 19.1 Å². The number of aromatic nitrogens is 2. The van der Waals surface area contributed by atoms with Crippen LogP contribution in [0.4, 0.5) is 10.2 Å².